The lowest BCUT2D eigenvalue weighted by molar-refractivity contribution is -0.137. The summed E-state index contributed by atoms with van der Waals surface area (Å²) in [5, 5.41) is 1.26. The molecule has 3 aromatic carbocycles. The van der Waals surface area contributed by atoms with Crippen molar-refractivity contribution in [1.29, 1.82) is 0 Å². The standard InChI is InChI=1S/C26H23Cl2F3/c27-22-12-8-18(9-13-22)24-7-2-1-3-16-25(24,19-10-14-23(28)15-11-19)20-5-4-6-21(17-20)26(29,30)31/h4-6,8-15,17,24H,1-3,7,16H2. The molecule has 3 aromatic rings. The molecule has 0 nitrogen and oxygen atoms in total. The molecule has 1 saturated carbocycles. The minimum absolute atomic E-state index is 0.0249. The summed E-state index contributed by atoms with van der Waals surface area (Å²) in [6, 6.07) is 21.2. The van der Waals surface area contributed by atoms with Crippen molar-refractivity contribution in [2.75, 3.05) is 0 Å². The minimum atomic E-state index is -4.39. The summed E-state index contributed by atoms with van der Waals surface area (Å²) in [5.74, 6) is 0.0249. The maximum atomic E-state index is 13.6. The maximum absolute atomic E-state index is 13.6. The van der Waals surface area contributed by atoms with Gasteiger partial charge >= 0.3 is 6.18 Å². The summed E-state index contributed by atoms with van der Waals surface area (Å²) in [6.07, 6.45) is 0.296. The van der Waals surface area contributed by atoms with Crippen LogP contribution in [0.1, 0.15) is 60.3 Å². The van der Waals surface area contributed by atoms with Crippen molar-refractivity contribution in [3.63, 3.8) is 0 Å². The minimum Gasteiger partial charge on any atom is -0.166 e. The molecular formula is C26H23Cl2F3. The van der Waals surface area contributed by atoms with Gasteiger partial charge in [-0.15, -0.1) is 0 Å². The average Bonchev–Trinajstić information content (AvgIpc) is 2.98. The molecular weight excluding hydrogens is 440 g/mol. The van der Waals surface area contributed by atoms with Crippen LogP contribution in [0.3, 0.4) is 0 Å². The van der Waals surface area contributed by atoms with Crippen LogP contribution in [-0.4, -0.2) is 0 Å². The van der Waals surface area contributed by atoms with Crippen molar-refractivity contribution in [2.24, 2.45) is 0 Å². The molecule has 0 N–H and O–H groups in total. The van der Waals surface area contributed by atoms with Gasteiger partial charge < -0.3 is 0 Å². The first-order valence-corrected chi connectivity index (χ1v) is 11.3. The Morgan fingerprint density at radius 2 is 1.39 bits per heavy atom. The third kappa shape index (κ3) is 4.49. The Balaban J connectivity index is 1.98. The van der Waals surface area contributed by atoms with Crippen LogP contribution in [0.4, 0.5) is 13.2 Å². The summed E-state index contributed by atoms with van der Waals surface area (Å²) in [7, 11) is 0. The van der Waals surface area contributed by atoms with E-state index < -0.39 is 17.2 Å². The van der Waals surface area contributed by atoms with Gasteiger partial charge in [0.2, 0.25) is 0 Å². The van der Waals surface area contributed by atoms with E-state index in [2.05, 4.69) is 0 Å². The zero-order valence-electron chi connectivity index (χ0n) is 16.9. The molecule has 0 radical (unpaired) electrons. The first kappa shape index (κ1) is 22.2. The highest BCUT2D eigenvalue weighted by atomic mass is 35.5. The van der Waals surface area contributed by atoms with Crippen LogP contribution in [0.5, 0.6) is 0 Å². The Hall–Kier alpha value is -1.97. The quantitative estimate of drug-likeness (QED) is 0.340. The van der Waals surface area contributed by atoms with Crippen molar-refractivity contribution < 1.29 is 13.2 Å². The second-order valence-corrected chi connectivity index (χ2v) is 9.13. The van der Waals surface area contributed by atoms with Gasteiger partial charge in [-0.3, -0.25) is 0 Å². The zero-order valence-corrected chi connectivity index (χ0v) is 18.4. The van der Waals surface area contributed by atoms with Crippen molar-refractivity contribution >= 4 is 23.2 Å². The van der Waals surface area contributed by atoms with Crippen molar-refractivity contribution in [1.82, 2.24) is 0 Å². The van der Waals surface area contributed by atoms with Gasteiger partial charge in [-0.2, -0.15) is 13.2 Å². The van der Waals surface area contributed by atoms with E-state index in [9.17, 15) is 13.2 Å². The number of hydrogen-bond donors (Lipinski definition) is 0. The molecule has 4 rings (SSSR count). The first-order valence-electron chi connectivity index (χ1n) is 10.5. The Kier molecular flexibility index (Phi) is 6.37. The van der Waals surface area contributed by atoms with E-state index in [4.69, 9.17) is 23.2 Å². The van der Waals surface area contributed by atoms with Gasteiger partial charge in [0.15, 0.2) is 0 Å². The molecule has 0 spiro atoms. The predicted molar refractivity (Wildman–Crippen MR) is 121 cm³/mol. The summed E-state index contributed by atoms with van der Waals surface area (Å²) >= 11 is 12.3. The highest BCUT2D eigenvalue weighted by Gasteiger charge is 2.44. The molecule has 0 aliphatic heterocycles. The lowest BCUT2D eigenvalue weighted by atomic mass is 9.61. The summed E-state index contributed by atoms with van der Waals surface area (Å²) in [5.41, 5.74) is 1.59. The van der Waals surface area contributed by atoms with Gasteiger partial charge in [0.05, 0.1) is 5.56 Å². The number of rotatable bonds is 3. The molecule has 2 atom stereocenters. The van der Waals surface area contributed by atoms with Crippen LogP contribution in [0.2, 0.25) is 10.0 Å². The third-order valence-electron chi connectivity index (χ3n) is 6.50. The lowest BCUT2D eigenvalue weighted by Gasteiger charge is -2.42. The van der Waals surface area contributed by atoms with E-state index in [1.54, 1.807) is 0 Å². The second kappa shape index (κ2) is 8.88. The molecule has 162 valence electrons. The van der Waals surface area contributed by atoms with Crippen LogP contribution in [0.25, 0.3) is 0 Å². The van der Waals surface area contributed by atoms with Crippen LogP contribution in [0, 0.1) is 0 Å². The van der Waals surface area contributed by atoms with E-state index in [-0.39, 0.29) is 5.92 Å². The Morgan fingerprint density at radius 3 is 2.03 bits per heavy atom. The highest BCUT2D eigenvalue weighted by Crippen LogP contribution is 2.53. The molecule has 1 fully saturated rings. The largest absolute Gasteiger partial charge is 0.416 e. The fourth-order valence-electron chi connectivity index (χ4n) is 5.07. The fraction of sp³-hybridized carbons (Fsp3) is 0.308. The summed E-state index contributed by atoms with van der Waals surface area (Å²) < 4.78 is 40.9. The fourth-order valence-corrected chi connectivity index (χ4v) is 5.33. The predicted octanol–water partition coefficient (Wildman–Crippen LogP) is 9.05. The third-order valence-corrected chi connectivity index (χ3v) is 7.00. The van der Waals surface area contributed by atoms with Crippen molar-refractivity contribution in [2.45, 2.75) is 49.6 Å². The number of hydrogen-bond acceptors (Lipinski definition) is 0. The molecule has 0 saturated heterocycles. The molecule has 1 aliphatic rings. The van der Waals surface area contributed by atoms with Crippen molar-refractivity contribution in [3.8, 4) is 0 Å². The smallest absolute Gasteiger partial charge is 0.166 e. The molecule has 31 heavy (non-hydrogen) atoms. The molecule has 5 heteroatoms. The van der Waals surface area contributed by atoms with Crippen LogP contribution in [-0.2, 0) is 11.6 Å². The average molecular weight is 463 g/mol. The van der Waals surface area contributed by atoms with Crippen LogP contribution < -0.4 is 0 Å². The van der Waals surface area contributed by atoms with Gasteiger partial charge in [0.25, 0.3) is 0 Å². The van der Waals surface area contributed by atoms with Gasteiger partial charge in [-0.05, 0) is 65.8 Å². The summed E-state index contributed by atoms with van der Waals surface area (Å²) in [6.45, 7) is 0. The van der Waals surface area contributed by atoms with Gasteiger partial charge in [-0.1, -0.05) is 84.9 Å². The van der Waals surface area contributed by atoms with E-state index in [0.717, 1.165) is 49.3 Å². The molecule has 0 bridgehead atoms. The van der Waals surface area contributed by atoms with E-state index in [1.807, 2.05) is 54.6 Å². The Labute approximate surface area is 191 Å². The molecule has 2 unspecified atom stereocenters. The van der Waals surface area contributed by atoms with E-state index in [0.29, 0.717) is 15.6 Å². The lowest BCUT2D eigenvalue weighted by Crippen LogP contribution is -2.35. The van der Waals surface area contributed by atoms with Crippen LogP contribution >= 0.6 is 23.2 Å². The zero-order chi connectivity index (χ0) is 22.1. The van der Waals surface area contributed by atoms with E-state index in [1.165, 1.54) is 12.1 Å². The topological polar surface area (TPSA) is 0 Å². The van der Waals surface area contributed by atoms with Gasteiger partial charge in [0, 0.05) is 15.5 Å². The molecule has 0 aromatic heterocycles. The molecule has 0 heterocycles. The maximum Gasteiger partial charge on any atom is 0.416 e. The normalized spacial score (nSPS) is 22.2. The molecule has 0 amide bonds. The van der Waals surface area contributed by atoms with Crippen molar-refractivity contribution in [3.05, 3.63) is 105 Å². The van der Waals surface area contributed by atoms with E-state index >= 15 is 0 Å². The second-order valence-electron chi connectivity index (χ2n) is 8.26. The Morgan fingerprint density at radius 1 is 0.742 bits per heavy atom. The Bertz CT molecular complexity index is 1030. The number of benzene rings is 3. The first-order chi connectivity index (χ1) is 14.8. The van der Waals surface area contributed by atoms with Crippen LogP contribution in [0.15, 0.2) is 72.8 Å². The van der Waals surface area contributed by atoms with Gasteiger partial charge in [0.1, 0.15) is 0 Å². The highest BCUT2D eigenvalue weighted by molar-refractivity contribution is 6.30. The number of alkyl halides is 3. The van der Waals surface area contributed by atoms with Gasteiger partial charge in [-0.25, -0.2) is 0 Å². The molecule has 1 aliphatic carbocycles. The monoisotopic (exact) mass is 462 g/mol. The summed E-state index contributed by atoms with van der Waals surface area (Å²) in [4.78, 5) is 0. The number of halogens is 5. The SMILES string of the molecule is FC(F)(F)c1cccc(C2(c3ccc(Cl)cc3)CCCCCC2c2ccc(Cl)cc2)c1.